The summed E-state index contributed by atoms with van der Waals surface area (Å²) >= 11 is 0. The molecule has 0 heterocycles. The van der Waals surface area contributed by atoms with Crippen LogP contribution in [0.4, 0.5) is 0 Å². The Morgan fingerprint density at radius 3 is 2.19 bits per heavy atom. The maximum atomic E-state index is 13.0. The highest BCUT2D eigenvalue weighted by atomic mass is 16.1. The molecule has 108 valence electrons. The third kappa shape index (κ3) is 2.78. The Morgan fingerprint density at radius 1 is 0.952 bits per heavy atom. The SMILES string of the molecule is Cc1ccc(CC(=O)C2(c3ccccc3)CCCC2)cc1. The van der Waals surface area contributed by atoms with Crippen LogP contribution in [0.5, 0.6) is 0 Å². The molecule has 1 heteroatoms. The summed E-state index contributed by atoms with van der Waals surface area (Å²) in [6, 6.07) is 18.7. The number of hydrogen-bond acceptors (Lipinski definition) is 1. The lowest BCUT2D eigenvalue weighted by atomic mass is 9.73. The van der Waals surface area contributed by atoms with Gasteiger partial charge in [0, 0.05) is 6.42 Å². The van der Waals surface area contributed by atoms with Crippen molar-refractivity contribution in [3.63, 3.8) is 0 Å². The third-order valence-electron chi connectivity index (χ3n) is 4.80. The van der Waals surface area contributed by atoms with Gasteiger partial charge in [-0.2, -0.15) is 0 Å². The maximum Gasteiger partial charge on any atom is 0.147 e. The van der Waals surface area contributed by atoms with Crippen LogP contribution in [0.15, 0.2) is 54.6 Å². The predicted molar refractivity (Wildman–Crippen MR) is 86.5 cm³/mol. The second-order valence-electron chi connectivity index (χ2n) is 6.24. The standard InChI is InChI=1S/C20H22O/c1-16-9-11-17(12-10-16)15-19(21)20(13-5-6-14-20)18-7-3-2-4-8-18/h2-4,7-12H,5-6,13-15H2,1H3. The number of carbonyl (C=O) groups is 1. The molecule has 0 atom stereocenters. The van der Waals surface area contributed by atoms with E-state index in [1.807, 2.05) is 6.07 Å². The van der Waals surface area contributed by atoms with Gasteiger partial charge < -0.3 is 0 Å². The first-order valence-corrected chi connectivity index (χ1v) is 7.85. The molecule has 0 amide bonds. The predicted octanol–water partition coefficient (Wildman–Crippen LogP) is 4.62. The summed E-state index contributed by atoms with van der Waals surface area (Å²) in [6.07, 6.45) is 4.88. The second kappa shape index (κ2) is 5.85. The second-order valence-corrected chi connectivity index (χ2v) is 6.24. The van der Waals surface area contributed by atoms with E-state index in [1.54, 1.807) is 0 Å². The first-order valence-electron chi connectivity index (χ1n) is 7.85. The van der Waals surface area contributed by atoms with Gasteiger partial charge in [-0.3, -0.25) is 4.79 Å². The molecule has 0 aromatic heterocycles. The number of hydrogen-bond donors (Lipinski definition) is 0. The van der Waals surface area contributed by atoms with Gasteiger partial charge in [-0.15, -0.1) is 0 Å². The molecule has 1 aliphatic carbocycles. The van der Waals surface area contributed by atoms with Gasteiger partial charge in [-0.05, 0) is 30.9 Å². The summed E-state index contributed by atoms with van der Waals surface area (Å²) in [5.74, 6) is 0.384. The van der Waals surface area contributed by atoms with E-state index < -0.39 is 0 Å². The highest BCUT2D eigenvalue weighted by Crippen LogP contribution is 2.42. The molecule has 0 radical (unpaired) electrons. The smallest absolute Gasteiger partial charge is 0.147 e. The van der Waals surface area contributed by atoms with Crippen LogP contribution in [0.3, 0.4) is 0 Å². The summed E-state index contributed by atoms with van der Waals surface area (Å²) in [5, 5.41) is 0. The van der Waals surface area contributed by atoms with Crippen LogP contribution in [0.1, 0.15) is 42.4 Å². The summed E-state index contributed by atoms with van der Waals surface area (Å²) in [4.78, 5) is 13.0. The Hall–Kier alpha value is -1.89. The Balaban J connectivity index is 1.87. The Morgan fingerprint density at radius 2 is 1.57 bits per heavy atom. The van der Waals surface area contributed by atoms with E-state index in [2.05, 4.69) is 55.5 Å². The average Bonchev–Trinajstić information content (AvgIpc) is 3.01. The zero-order valence-corrected chi connectivity index (χ0v) is 12.6. The van der Waals surface area contributed by atoms with E-state index in [1.165, 1.54) is 11.1 Å². The number of Topliss-reactive ketones (excluding diaryl/α,β-unsaturated/α-hetero) is 1. The van der Waals surface area contributed by atoms with Crippen LogP contribution in [-0.2, 0) is 16.6 Å². The monoisotopic (exact) mass is 278 g/mol. The van der Waals surface area contributed by atoms with Crippen molar-refractivity contribution in [2.24, 2.45) is 0 Å². The van der Waals surface area contributed by atoms with Gasteiger partial charge in [0.2, 0.25) is 0 Å². The van der Waals surface area contributed by atoms with Crippen molar-refractivity contribution in [1.29, 1.82) is 0 Å². The fourth-order valence-corrected chi connectivity index (χ4v) is 3.52. The number of benzene rings is 2. The molecule has 0 spiro atoms. The zero-order valence-electron chi connectivity index (χ0n) is 12.6. The zero-order chi connectivity index (χ0) is 14.7. The van der Waals surface area contributed by atoms with Crippen LogP contribution in [0.2, 0.25) is 0 Å². The average molecular weight is 278 g/mol. The van der Waals surface area contributed by atoms with Gasteiger partial charge in [0.15, 0.2) is 0 Å². The quantitative estimate of drug-likeness (QED) is 0.797. The topological polar surface area (TPSA) is 17.1 Å². The van der Waals surface area contributed by atoms with Crippen molar-refractivity contribution < 1.29 is 4.79 Å². The lowest BCUT2D eigenvalue weighted by Gasteiger charge is -2.28. The van der Waals surface area contributed by atoms with Crippen molar-refractivity contribution in [1.82, 2.24) is 0 Å². The van der Waals surface area contributed by atoms with Crippen LogP contribution < -0.4 is 0 Å². The molecule has 0 N–H and O–H groups in total. The van der Waals surface area contributed by atoms with E-state index in [9.17, 15) is 4.79 Å². The van der Waals surface area contributed by atoms with E-state index in [-0.39, 0.29) is 5.41 Å². The summed E-state index contributed by atoms with van der Waals surface area (Å²) in [5.41, 5.74) is 3.34. The normalized spacial score (nSPS) is 16.8. The van der Waals surface area contributed by atoms with Gasteiger partial charge >= 0.3 is 0 Å². The molecule has 2 aromatic carbocycles. The number of ketones is 1. The first-order chi connectivity index (χ1) is 10.2. The van der Waals surface area contributed by atoms with Crippen LogP contribution >= 0.6 is 0 Å². The highest BCUT2D eigenvalue weighted by Gasteiger charge is 2.41. The fraction of sp³-hybridized carbons (Fsp3) is 0.350. The molecule has 0 bridgehead atoms. The summed E-state index contributed by atoms with van der Waals surface area (Å²) in [6.45, 7) is 2.08. The van der Waals surface area contributed by atoms with Crippen molar-refractivity contribution in [2.75, 3.05) is 0 Å². The molecule has 0 unspecified atom stereocenters. The Labute approximate surface area is 127 Å². The van der Waals surface area contributed by atoms with E-state index in [0.29, 0.717) is 12.2 Å². The molecule has 0 saturated heterocycles. The van der Waals surface area contributed by atoms with Gasteiger partial charge in [-0.1, -0.05) is 73.0 Å². The largest absolute Gasteiger partial charge is 0.298 e. The number of rotatable bonds is 4. The molecule has 3 rings (SSSR count). The number of aryl methyl sites for hydroxylation is 1. The van der Waals surface area contributed by atoms with Crippen LogP contribution in [0, 0.1) is 6.92 Å². The minimum atomic E-state index is -0.244. The fourth-order valence-electron chi connectivity index (χ4n) is 3.52. The molecule has 1 saturated carbocycles. The molecular weight excluding hydrogens is 256 g/mol. The van der Waals surface area contributed by atoms with Gasteiger partial charge in [0.25, 0.3) is 0 Å². The lowest BCUT2D eigenvalue weighted by Crippen LogP contribution is -2.34. The van der Waals surface area contributed by atoms with Crippen molar-refractivity contribution in [2.45, 2.75) is 44.4 Å². The van der Waals surface area contributed by atoms with Crippen LogP contribution in [0.25, 0.3) is 0 Å². The Bertz CT molecular complexity index is 604. The molecule has 2 aromatic rings. The molecule has 1 nitrogen and oxygen atoms in total. The van der Waals surface area contributed by atoms with E-state index >= 15 is 0 Å². The molecule has 0 aliphatic heterocycles. The summed E-state index contributed by atoms with van der Waals surface area (Å²) < 4.78 is 0. The summed E-state index contributed by atoms with van der Waals surface area (Å²) in [7, 11) is 0. The third-order valence-corrected chi connectivity index (χ3v) is 4.80. The molecule has 21 heavy (non-hydrogen) atoms. The first kappa shape index (κ1) is 14.1. The van der Waals surface area contributed by atoms with Crippen LogP contribution in [-0.4, -0.2) is 5.78 Å². The Kier molecular flexibility index (Phi) is 3.92. The maximum absolute atomic E-state index is 13.0. The minimum absolute atomic E-state index is 0.244. The minimum Gasteiger partial charge on any atom is -0.298 e. The lowest BCUT2D eigenvalue weighted by molar-refractivity contribution is -0.123. The van der Waals surface area contributed by atoms with Crippen molar-refractivity contribution in [3.05, 3.63) is 71.3 Å². The number of carbonyl (C=O) groups excluding carboxylic acids is 1. The van der Waals surface area contributed by atoms with Gasteiger partial charge in [0.1, 0.15) is 5.78 Å². The molecule has 1 aliphatic rings. The van der Waals surface area contributed by atoms with E-state index in [4.69, 9.17) is 0 Å². The van der Waals surface area contributed by atoms with Crippen molar-refractivity contribution >= 4 is 5.78 Å². The molecule has 1 fully saturated rings. The van der Waals surface area contributed by atoms with Gasteiger partial charge in [0.05, 0.1) is 5.41 Å². The van der Waals surface area contributed by atoms with Gasteiger partial charge in [-0.25, -0.2) is 0 Å². The van der Waals surface area contributed by atoms with E-state index in [0.717, 1.165) is 31.2 Å². The highest BCUT2D eigenvalue weighted by molar-refractivity contribution is 5.92. The van der Waals surface area contributed by atoms with Crippen molar-refractivity contribution in [3.8, 4) is 0 Å². The molecular formula is C20H22O.